The van der Waals surface area contributed by atoms with Gasteiger partial charge in [-0.15, -0.1) is 0 Å². The Morgan fingerprint density at radius 2 is 1.83 bits per heavy atom. The number of hydrogen-bond donors (Lipinski definition) is 1. The Balaban J connectivity index is 3.12. The van der Waals surface area contributed by atoms with Gasteiger partial charge >= 0.3 is 0 Å². The third-order valence-electron chi connectivity index (χ3n) is 1.78. The molecule has 1 unspecified atom stereocenters. The minimum atomic E-state index is -2.49. The van der Waals surface area contributed by atoms with E-state index in [1.807, 2.05) is 6.92 Å². The highest BCUT2D eigenvalue weighted by Crippen LogP contribution is 2.20. The van der Waals surface area contributed by atoms with Gasteiger partial charge in [0, 0.05) is 12.5 Å². The Hall–Kier alpha value is -0.180. The molecule has 0 aromatic carbocycles. The third kappa shape index (κ3) is 9.82. The first-order valence-corrected chi connectivity index (χ1v) is 4.55. The highest BCUT2D eigenvalue weighted by molar-refractivity contribution is 4.59. The van der Waals surface area contributed by atoms with Crippen LogP contribution in [0.15, 0.2) is 0 Å². The average molecular weight is 179 g/mol. The third-order valence-corrected chi connectivity index (χ3v) is 1.78. The Labute approximate surface area is 73.3 Å². The van der Waals surface area contributed by atoms with E-state index in [4.69, 9.17) is 5.73 Å². The lowest BCUT2D eigenvalue weighted by molar-refractivity contribution is 0.0103. The summed E-state index contributed by atoms with van der Waals surface area (Å²) in [6.45, 7) is 2.91. The summed E-state index contributed by atoms with van der Waals surface area (Å²) in [5.74, 6) is -2.49. The fourth-order valence-corrected chi connectivity index (χ4v) is 1.08. The quantitative estimate of drug-likeness (QED) is 0.623. The van der Waals surface area contributed by atoms with E-state index in [1.54, 1.807) is 0 Å². The summed E-state index contributed by atoms with van der Waals surface area (Å²) in [5, 5.41) is 0. The van der Waals surface area contributed by atoms with Crippen LogP contribution in [0.4, 0.5) is 8.78 Å². The lowest BCUT2D eigenvalue weighted by Crippen LogP contribution is -2.14. The molecule has 0 saturated heterocycles. The first-order chi connectivity index (χ1) is 5.42. The van der Waals surface area contributed by atoms with Gasteiger partial charge in [0.1, 0.15) is 0 Å². The summed E-state index contributed by atoms with van der Waals surface area (Å²) in [6, 6.07) is 0.201. The number of unbranched alkanes of at least 4 members (excludes halogenated alkanes) is 2. The SMILES string of the molecule is CC(N)CCCCCC(C)(F)F. The summed E-state index contributed by atoms with van der Waals surface area (Å²) in [7, 11) is 0. The molecule has 0 aromatic heterocycles. The predicted octanol–water partition coefficient (Wildman–Crippen LogP) is 2.94. The normalized spacial score (nSPS) is 14.8. The Bertz CT molecular complexity index is 108. The number of hydrogen-bond acceptors (Lipinski definition) is 1. The standard InChI is InChI=1S/C9H19F2N/c1-8(12)6-4-3-5-7-9(2,10)11/h8H,3-7,12H2,1-2H3. The van der Waals surface area contributed by atoms with Crippen LogP contribution in [0.25, 0.3) is 0 Å². The molecule has 2 N–H and O–H groups in total. The van der Waals surface area contributed by atoms with Crippen LogP contribution >= 0.6 is 0 Å². The average Bonchev–Trinajstić information content (AvgIpc) is 1.83. The van der Waals surface area contributed by atoms with Gasteiger partial charge in [-0.25, -0.2) is 8.78 Å². The van der Waals surface area contributed by atoms with E-state index in [0.29, 0.717) is 6.42 Å². The molecule has 0 aliphatic carbocycles. The second-order valence-electron chi connectivity index (χ2n) is 3.65. The van der Waals surface area contributed by atoms with Crippen LogP contribution in [0.2, 0.25) is 0 Å². The van der Waals surface area contributed by atoms with Gasteiger partial charge in [-0.3, -0.25) is 0 Å². The highest BCUT2D eigenvalue weighted by atomic mass is 19.3. The molecule has 0 bridgehead atoms. The molecular weight excluding hydrogens is 160 g/mol. The minimum absolute atomic E-state index is 0.00591. The van der Waals surface area contributed by atoms with Crippen molar-refractivity contribution < 1.29 is 8.78 Å². The molecule has 0 heterocycles. The number of rotatable bonds is 6. The zero-order valence-corrected chi connectivity index (χ0v) is 7.95. The zero-order valence-electron chi connectivity index (χ0n) is 7.95. The summed E-state index contributed by atoms with van der Waals surface area (Å²) < 4.78 is 24.6. The minimum Gasteiger partial charge on any atom is -0.328 e. The van der Waals surface area contributed by atoms with Gasteiger partial charge in [-0.05, 0) is 26.7 Å². The molecule has 0 aliphatic heterocycles. The van der Waals surface area contributed by atoms with Gasteiger partial charge in [0.25, 0.3) is 0 Å². The van der Waals surface area contributed by atoms with Crippen molar-refractivity contribution in [2.45, 2.75) is 57.9 Å². The van der Waals surface area contributed by atoms with Gasteiger partial charge in [-0.1, -0.05) is 12.8 Å². The van der Waals surface area contributed by atoms with Crippen molar-refractivity contribution in [3.05, 3.63) is 0 Å². The van der Waals surface area contributed by atoms with Crippen LogP contribution in [0, 0.1) is 0 Å². The monoisotopic (exact) mass is 179 g/mol. The Morgan fingerprint density at radius 3 is 2.25 bits per heavy atom. The Morgan fingerprint density at radius 1 is 1.25 bits per heavy atom. The molecule has 3 heteroatoms. The first-order valence-electron chi connectivity index (χ1n) is 4.55. The van der Waals surface area contributed by atoms with E-state index in [0.717, 1.165) is 26.2 Å². The number of nitrogens with two attached hydrogens (primary N) is 1. The van der Waals surface area contributed by atoms with E-state index in [1.165, 1.54) is 0 Å². The van der Waals surface area contributed by atoms with E-state index in [9.17, 15) is 8.78 Å². The Kier molecular flexibility index (Phi) is 5.38. The summed E-state index contributed by atoms with van der Waals surface area (Å²) >= 11 is 0. The summed E-state index contributed by atoms with van der Waals surface area (Å²) in [4.78, 5) is 0. The van der Waals surface area contributed by atoms with Crippen molar-refractivity contribution in [1.82, 2.24) is 0 Å². The summed E-state index contributed by atoms with van der Waals surface area (Å²) in [5.41, 5.74) is 5.51. The molecule has 0 spiro atoms. The molecule has 0 radical (unpaired) electrons. The van der Waals surface area contributed by atoms with Gasteiger partial charge in [0.05, 0.1) is 0 Å². The second kappa shape index (κ2) is 5.46. The number of alkyl halides is 2. The zero-order chi connectivity index (χ0) is 9.61. The van der Waals surface area contributed by atoms with E-state index >= 15 is 0 Å². The van der Waals surface area contributed by atoms with Crippen LogP contribution in [0.5, 0.6) is 0 Å². The summed E-state index contributed by atoms with van der Waals surface area (Å²) in [6.07, 6.45) is 3.39. The van der Waals surface area contributed by atoms with E-state index < -0.39 is 5.92 Å². The van der Waals surface area contributed by atoms with Gasteiger partial charge < -0.3 is 5.73 Å². The molecule has 0 saturated carbocycles. The molecule has 74 valence electrons. The molecule has 0 aromatic rings. The molecule has 0 amide bonds. The molecule has 12 heavy (non-hydrogen) atoms. The van der Waals surface area contributed by atoms with Crippen molar-refractivity contribution in [3.8, 4) is 0 Å². The first kappa shape index (κ1) is 11.8. The van der Waals surface area contributed by atoms with Crippen molar-refractivity contribution in [3.63, 3.8) is 0 Å². The van der Waals surface area contributed by atoms with Crippen LogP contribution < -0.4 is 5.73 Å². The van der Waals surface area contributed by atoms with Gasteiger partial charge in [0.2, 0.25) is 5.92 Å². The van der Waals surface area contributed by atoms with Crippen molar-refractivity contribution in [1.29, 1.82) is 0 Å². The van der Waals surface area contributed by atoms with Crippen LogP contribution in [-0.4, -0.2) is 12.0 Å². The smallest absolute Gasteiger partial charge is 0.245 e. The fourth-order valence-electron chi connectivity index (χ4n) is 1.08. The van der Waals surface area contributed by atoms with Crippen molar-refractivity contribution in [2.75, 3.05) is 0 Å². The van der Waals surface area contributed by atoms with E-state index in [-0.39, 0.29) is 12.5 Å². The predicted molar refractivity (Wildman–Crippen MR) is 47.4 cm³/mol. The molecule has 0 aliphatic rings. The van der Waals surface area contributed by atoms with E-state index in [2.05, 4.69) is 0 Å². The fraction of sp³-hybridized carbons (Fsp3) is 1.00. The maximum atomic E-state index is 12.3. The number of halogens is 2. The largest absolute Gasteiger partial charge is 0.328 e. The second-order valence-corrected chi connectivity index (χ2v) is 3.65. The maximum absolute atomic E-state index is 12.3. The molecule has 1 nitrogen and oxygen atoms in total. The van der Waals surface area contributed by atoms with Crippen LogP contribution in [0.1, 0.15) is 46.0 Å². The molecular formula is C9H19F2N. The maximum Gasteiger partial charge on any atom is 0.245 e. The van der Waals surface area contributed by atoms with Crippen LogP contribution in [-0.2, 0) is 0 Å². The van der Waals surface area contributed by atoms with Gasteiger partial charge in [0.15, 0.2) is 0 Å². The van der Waals surface area contributed by atoms with Crippen molar-refractivity contribution in [2.24, 2.45) is 5.73 Å². The molecule has 1 atom stereocenters. The van der Waals surface area contributed by atoms with Crippen molar-refractivity contribution >= 4 is 0 Å². The molecule has 0 rings (SSSR count). The highest BCUT2D eigenvalue weighted by Gasteiger charge is 2.19. The van der Waals surface area contributed by atoms with Gasteiger partial charge in [-0.2, -0.15) is 0 Å². The molecule has 0 fully saturated rings. The topological polar surface area (TPSA) is 26.0 Å². The lowest BCUT2D eigenvalue weighted by Gasteiger charge is -2.09. The van der Waals surface area contributed by atoms with Crippen LogP contribution in [0.3, 0.4) is 0 Å². The lowest BCUT2D eigenvalue weighted by atomic mass is 10.1.